The Kier molecular flexibility index (Phi) is 7.53. The fraction of sp³-hybridized carbons (Fsp3) is 0.632. The lowest BCUT2D eigenvalue weighted by Crippen LogP contribution is -2.47. The zero-order chi connectivity index (χ0) is 16.1. The van der Waals surface area contributed by atoms with Gasteiger partial charge in [-0.15, -0.1) is 12.4 Å². The summed E-state index contributed by atoms with van der Waals surface area (Å²) in [5.74, 6) is 1.02. The number of nitrogens with two attached hydrogens (primary N) is 1. The van der Waals surface area contributed by atoms with Crippen LogP contribution in [0.2, 0.25) is 0 Å². The third kappa shape index (κ3) is 5.47. The summed E-state index contributed by atoms with van der Waals surface area (Å²) in [6.07, 6.45) is 5.45. The fourth-order valence-electron chi connectivity index (χ4n) is 3.74. The van der Waals surface area contributed by atoms with Crippen molar-refractivity contribution >= 4 is 18.3 Å². The minimum Gasteiger partial charge on any atom is -0.342 e. The van der Waals surface area contributed by atoms with Gasteiger partial charge in [0.2, 0.25) is 5.91 Å². The van der Waals surface area contributed by atoms with Crippen molar-refractivity contribution in [1.29, 1.82) is 0 Å². The van der Waals surface area contributed by atoms with Crippen LogP contribution < -0.4 is 5.73 Å². The summed E-state index contributed by atoms with van der Waals surface area (Å²) in [6, 6.07) is 11.0. The van der Waals surface area contributed by atoms with E-state index in [2.05, 4.69) is 40.1 Å². The molecular formula is C19H30ClN3O. The molecule has 134 valence electrons. The van der Waals surface area contributed by atoms with Gasteiger partial charge in [0.05, 0.1) is 6.54 Å². The first-order valence-electron chi connectivity index (χ1n) is 9.00. The van der Waals surface area contributed by atoms with E-state index in [1.54, 1.807) is 0 Å². The Balaban J connectivity index is 0.00000208. The molecule has 2 aliphatic rings. The van der Waals surface area contributed by atoms with Gasteiger partial charge in [-0.1, -0.05) is 30.3 Å². The molecule has 2 N–H and O–H groups in total. The highest BCUT2D eigenvalue weighted by Gasteiger charge is 2.25. The number of hydrogen-bond acceptors (Lipinski definition) is 3. The maximum Gasteiger partial charge on any atom is 0.236 e. The number of rotatable bonds is 4. The normalized spacial score (nSPS) is 20.6. The molecule has 2 heterocycles. The van der Waals surface area contributed by atoms with Crippen LogP contribution in [0.4, 0.5) is 0 Å². The lowest BCUT2D eigenvalue weighted by molar-refractivity contribution is -0.134. The molecule has 0 radical (unpaired) electrons. The first kappa shape index (κ1) is 19.2. The van der Waals surface area contributed by atoms with Crippen molar-refractivity contribution in [2.75, 3.05) is 32.7 Å². The van der Waals surface area contributed by atoms with Crippen LogP contribution in [0.25, 0.3) is 0 Å². The highest BCUT2D eigenvalue weighted by Crippen LogP contribution is 2.22. The number of hydrogen-bond donors (Lipinski definition) is 1. The van der Waals surface area contributed by atoms with Gasteiger partial charge in [-0.05, 0) is 43.6 Å². The molecule has 2 saturated heterocycles. The third-order valence-electron chi connectivity index (χ3n) is 5.33. The Bertz CT molecular complexity index is 495. The molecule has 1 aromatic rings. The third-order valence-corrected chi connectivity index (χ3v) is 5.33. The maximum absolute atomic E-state index is 12.5. The van der Waals surface area contributed by atoms with Gasteiger partial charge in [0.25, 0.3) is 0 Å². The van der Waals surface area contributed by atoms with Gasteiger partial charge in [-0.25, -0.2) is 0 Å². The van der Waals surface area contributed by atoms with Gasteiger partial charge in [-0.2, -0.15) is 0 Å². The molecule has 5 heteroatoms. The van der Waals surface area contributed by atoms with Gasteiger partial charge in [-0.3, -0.25) is 9.69 Å². The topological polar surface area (TPSA) is 49.6 Å². The molecule has 1 aromatic carbocycles. The zero-order valence-electron chi connectivity index (χ0n) is 14.4. The molecule has 0 atom stereocenters. The van der Waals surface area contributed by atoms with Crippen LogP contribution in [0.3, 0.4) is 0 Å². The van der Waals surface area contributed by atoms with E-state index in [1.807, 2.05) is 0 Å². The Morgan fingerprint density at radius 2 is 1.62 bits per heavy atom. The average molecular weight is 352 g/mol. The van der Waals surface area contributed by atoms with Crippen LogP contribution in [0.1, 0.15) is 31.2 Å². The van der Waals surface area contributed by atoms with E-state index in [0.29, 0.717) is 18.5 Å². The van der Waals surface area contributed by atoms with Crippen molar-refractivity contribution in [1.82, 2.24) is 9.80 Å². The quantitative estimate of drug-likeness (QED) is 0.905. The van der Waals surface area contributed by atoms with Crippen LogP contribution in [0.5, 0.6) is 0 Å². The smallest absolute Gasteiger partial charge is 0.236 e. The summed E-state index contributed by atoms with van der Waals surface area (Å²) in [7, 11) is 0. The standard InChI is InChI=1S/C19H29N3O.ClH/c20-18-8-10-21(11-9-18)15-19(23)22-12-6-17(7-13-22)14-16-4-2-1-3-5-16;/h1-5,17-18H,6-15,20H2;1H. The lowest BCUT2D eigenvalue weighted by atomic mass is 9.90. The number of likely N-dealkylation sites (tertiary alicyclic amines) is 2. The van der Waals surface area contributed by atoms with Crippen LogP contribution in [0, 0.1) is 5.92 Å². The van der Waals surface area contributed by atoms with E-state index < -0.39 is 0 Å². The van der Waals surface area contributed by atoms with E-state index in [0.717, 1.165) is 64.2 Å². The van der Waals surface area contributed by atoms with Gasteiger partial charge in [0, 0.05) is 32.2 Å². The van der Waals surface area contributed by atoms with Crippen molar-refractivity contribution in [2.24, 2.45) is 11.7 Å². The van der Waals surface area contributed by atoms with Crippen LogP contribution in [-0.2, 0) is 11.2 Å². The molecule has 1 amide bonds. The summed E-state index contributed by atoms with van der Waals surface area (Å²) >= 11 is 0. The van der Waals surface area contributed by atoms with Crippen molar-refractivity contribution in [3.63, 3.8) is 0 Å². The average Bonchev–Trinajstić information content (AvgIpc) is 2.58. The van der Waals surface area contributed by atoms with Crippen LogP contribution in [-0.4, -0.2) is 54.5 Å². The first-order valence-corrected chi connectivity index (χ1v) is 9.00. The molecule has 0 bridgehead atoms. The number of carbonyl (C=O) groups is 1. The Labute approximate surface area is 151 Å². The van der Waals surface area contributed by atoms with Crippen molar-refractivity contribution < 1.29 is 4.79 Å². The van der Waals surface area contributed by atoms with Crippen molar-refractivity contribution in [3.8, 4) is 0 Å². The molecule has 3 rings (SSSR count). The Morgan fingerprint density at radius 3 is 2.25 bits per heavy atom. The van der Waals surface area contributed by atoms with E-state index in [-0.39, 0.29) is 12.4 Å². The largest absolute Gasteiger partial charge is 0.342 e. The van der Waals surface area contributed by atoms with Gasteiger partial charge < -0.3 is 10.6 Å². The summed E-state index contributed by atoms with van der Waals surface area (Å²) in [5.41, 5.74) is 7.35. The second-order valence-corrected chi connectivity index (χ2v) is 7.13. The van der Waals surface area contributed by atoms with Crippen molar-refractivity contribution in [3.05, 3.63) is 35.9 Å². The molecule has 2 fully saturated rings. The van der Waals surface area contributed by atoms with E-state index in [1.165, 1.54) is 5.56 Å². The number of carbonyl (C=O) groups excluding carboxylic acids is 1. The van der Waals surface area contributed by atoms with E-state index in [4.69, 9.17) is 5.73 Å². The minimum absolute atomic E-state index is 0. The first-order chi connectivity index (χ1) is 11.2. The molecule has 24 heavy (non-hydrogen) atoms. The number of piperidine rings is 2. The molecular weight excluding hydrogens is 322 g/mol. The number of amides is 1. The minimum atomic E-state index is 0. The van der Waals surface area contributed by atoms with E-state index in [9.17, 15) is 4.79 Å². The summed E-state index contributed by atoms with van der Waals surface area (Å²) in [5, 5.41) is 0. The molecule has 0 spiro atoms. The summed E-state index contributed by atoms with van der Waals surface area (Å²) in [4.78, 5) is 16.8. The molecule has 0 saturated carbocycles. The van der Waals surface area contributed by atoms with Crippen LogP contribution >= 0.6 is 12.4 Å². The lowest BCUT2D eigenvalue weighted by Gasteiger charge is -2.35. The molecule has 0 aromatic heterocycles. The van der Waals surface area contributed by atoms with E-state index >= 15 is 0 Å². The second kappa shape index (κ2) is 9.40. The molecule has 0 unspecified atom stereocenters. The number of nitrogens with zero attached hydrogens (tertiary/aromatic N) is 2. The predicted octanol–water partition coefficient (Wildman–Crippen LogP) is 2.31. The number of halogens is 1. The van der Waals surface area contributed by atoms with Gasteiger partial charge in [0.15, 0.2) is 0 Å². The fourth-order valence-corrected chi connectivity index (χ4v) is 3.74. The molecule has 0 aliphatic carbocycles. The monoisotopic (exact) mass is 351 g/mol. The highest BCUT2D eigenvalue weighted by atomic mass is 35.5. The highest BCUT2D eigenvalue weighted by molar-refractivity contribution is 5.85. The van der Waals surface area contributed by atoms with Gasteiger partial charge in [0.1, 0.15) is 0 Å². The summed E-state index contributed by atoms with van der Waals surface area (Å²) < 4.78 is 0. The number of benzene rings is 1. The predicted molar refractivity (Wildman–Crippen MR) is 100 cm³/mol. The molecule has 4 nitrogen and oxygen atoms in total. The zero-order valence-corrected chi connectivity index (χ0v) is 15.2. The Hall–Kier alpha value is -1.10. The summed E-state index contributed by atoms with van der Waals surface area (Å²) in [6.45, 7) is 4.36. The SMILES string of the molecule is Cl.NC1CCN(CC(=O)N2CCC(Cc3ccccc3)CC2)CC1. The second-order valence-electron chi connectivity index (χ2n) is 7.13. The molecule has 2 aliphatic heterocycles. The maximum atomic E-state index is 12.5. The van der Waals surface area contributed by atoms with Crippen molar-refractivity contribution in [2.45, 2.75) is 38.1 Å². The van der Waals surface area contributed by atoms with Crippen LogP contribution in [0.15, 0.2) is 30.3 Å². The van der Waals surface area contributed by atoms with Gasteiger partial charge >= 0.3 is 0 Å². The Morgan fingerprint density at radius 1 is 1.00 bits per heavy atom.